The highest BCUT2D eigenvalue weighted by atomic mass is 16.6. The summed E-state index contributed by atoms with van der Waals surface area (Å²) in [5.74, 6) is -4.04. The maximum Gasteiger partial charge on any atom is 0.360 e. The Kier molecular flexibility index (Phi) is 6.64. The molecule has 2 aromatic carbocycles. The van der Waals surface area contributed by atoms with Crippen molar-refractivity contribution in [1.29, 1.82) is 0 Å². The van der Waals surface area contributed by atoms with E-state index < -0.39 is 44.7 Å². The molecule has 0 atom stereocenters. The molecule has 140 valence electrons. The van der Waals surface area contributed by atoms with Gasteiger partial charge in [0.2, 0.25) is 0 Å². The highest BCUT2D eigenvalue weighted by Crippen LogP contribution is 2.30. The second kappa shape index (κ2) is 8.66. The number of benzene rings is 2. The zero-order valence-corrected chi connectivity index (χ0v) is 13.1. The van der Waals surface area contributed by atoms with Crippen molar-refractivity contribution in [1.82, 2.24) is 0 Å². The van der Waals surface area contributed by atoms with Crippen molar-refractivity contribution in [2.24, 2.45) is 0 Å². The molecule has 27 heavy (non-hydrogen) atoms. The van der Waals surface area contributed by atoms with Crippen LogP contribution in [0.15, 0.2) is 42.5 Å². The monoisotopic (exact) mass is 378 g/mol. The lowest BCUT2D eigenvalue weighted by molar-refractivity contribution is -0.422. The molecule has 0 aliphatic carbocycles. The third-order valence-corrected chi connectivity index (χ3v) is 3.01. The maximum atomic E-state index is 10.6. The Hall–Kier alpha value is -4.35. The van der Waals surface area contributed by atoms with E-state index in [0.717, 1.165) is 18.2 Å². The molecule has 0 amide bonds. The van der Waals surface area contributed by atoms with Crippen molar-refractivity contribution in [2.45, 2.75) is 0 Å². The number of carbonyl (C=O) groups is 3. The van der Waals surface area contributed by atoms with Crippen LogP contribution in [-0.4, -0.2) is 43.1 Å². The summed E-state index contributed by atoms with van der Waals surface area (Å²) >= 11 is 0. The Labute approximate surface area is 149 Å². The molecule has 0 saturated carbocycles. The van der Waals surface area contributed by atoms with Crippen LogP contribution >= 0.6 is 0 Å². The molecule has 2 aromatic rings. The minimum atomic E-state index is -1.58. The van der Waals surface area contributed by atoms with Gasteiger partial charge in [0.15, 0.2) is 0 Å². The molecular formula is C15H10N2O10. The van der Waals surface area contributed by atoms with Gasteiger partial charge in [0, 0.05) is 6.07 Å². The third-order valence-electron chi connectivity index (χ3n) is 3.01. The molecule has 0 heterocycles. The van der Waals surface area contributed by atoms with Crippen molar-refractivity contribution < 1.29 is 39.5 Å². The van der Waals surface area contributed by atoms with Gasteiger partial charge in [-0.15, -0.1) is 0 Å². The molecule has 0 spiro atoms. The number of nitro groups is 2. The fourth-order valence-corrected chi connectivity index (χ4v) is 1.90. The molecule has 0 unspecified atom stereocenters. The molecule has 0 aromatic heterocycles. The molecule has 12 nitrogen and oxygen atoms in total. The average molecular weight is 378 g/mol. The Morgan fingerprint density at radius 2 is 1.07 bits per heavy atom. The normalized spacial score (nSPS) is 9.48. The lowest BCUT2D eigenvalue weighted by Gasteiger charge is -1.98. The second-order valence-corrected chi connectivity index (χ2v) is 4.65. The zero-order valence-electron chi connectivity index (χ0n) is 13.1. The Morgan fingerprint density at radius 1 is 0.667 bits per heavy atom. The van der Waals surface area contributed by atoms with E-state index in [2.05, 4.69) is 0 Å². The predicted octanol–water partition coefficient (Wildman–Crippen LogP) is 2.28. The summed E-state index contributed by atoms with van der Waals surface area (Å²) in [6.45, 7) is 0. The van der Waals surface area contributed by atoms with Crippen LogP contribution in [-0.2, 0) is 0 Å². The predicted molar refractivity (Wildman–Crippen MR) is 87.1 cm³/mol. The first-order valence-electron chi connectivity index (χ1n) is 6.78. The van der Waals surface area contributed by atoms with Gasteiger partial charge in [-0.05, 0) is 18.2 Å². The summed E-state index contributed by atoms with van der Waals surface area (Å²) in [6, 6.07) is 8.37. The first-order valence-corrected chi connectivity index (χ1v) is 6.78. The lowest BCUT2D eigenvalue weighted by atomic mass is 10.1. The summed E-state index contributed by atoms with van der Waals surface area (Å²) in [5, 5.41) is 46.6. The number of rotatable bonds is 5. The average Bonchev–Trinajstić information content (AvgIpc) is 2.61. The van der Waals surface area contributed by atoms with Gasteiger partial charge in [-0.1, -0.05) is 18.2 Å². The summed E-state index contributed by atoms with van der Waals surface area (Å²) in [5.41, 5.74) is -2.92. The highest BCUT2D eigenvalue weighted by molar-refractivity contribution is 6.01. The van der Waals surface area contributed by atoms with Crippen LogP contribution in [0.2, 0.25) is 0 Å². The van der Waals surface area contributed by atoms with Crippen molar-refractivity contribution in [2.75, 3.05) is 0 Å². The minimum absolute atomic E-state index is 0.190. The molecule has 0 fully saturated rings. The SMILES string of the molecule is O=C(O)c1cccc([N+](=O)[O-])c1[N+](=O)[O-].O=C(O)c1ccccc1C(=O)O. The van der Waals surface area contributed by atoms with Crippen LogP contribution < -0.4 is 0 Å². The van der Waals surface area contributed by atoms with E-state index in [4.69, 9.17) is 15.3 Å². The van der Waals surface area contributed by atoms with Gasteiger partial charge in [0.1, 0.15) is 5.56 Å². The molecule has 12 heteroatoms. The Morgan fingerprint density at radius 3 is 1.41 bits per heavy atom. The van der Waals surface area contributed by atoms with Gasteiger partial charge in [0.05, 0.1) is 21.0 Å². The van der Waals surface area contributed by atoms with Gasteiger partial charge >= 0.3 is 29.3 Å². The van der Waals surface area contributed by atoms with Crippen molar-refractivity contribution >= 4 is 29.3 Å². The molecule has 2 rings (SSSR count). The smallest absolute Gasteiger partial charge is 0.360 e. The summed E-state index contributed by atoms with van der Waals surface area (Å²) < 4.78 is 0. The van der Waals surface area contributed by atoms with Crippen LogP contribution in [0.1, 0.15) is 31.1 Å². The zero-order chi connectivity index (χ0) is 20.7. The molecular weight excluding hydrogens is 368 g/mol. The van der Waals surface area contributed by atoms with E-state index >= 15 is 0 Å². The topological polar surface area (TPSA) is 198 Å². The number of hydrogen-bond acceptors (Lipinski definition) is 7. The number of hydrogen-bond donors (Lipinski definition) is 3. The van der Waals surface area contributed by atoms with Crippen molar-refractivity contribution in [3.8, 4) is 0 Å². The Balaban J connectivity index is 0.000000277. The number of para-hydroxylation sites is 1. The second-order valence-electron chi connectivity index (χ2n) is 4.65. The van der Waals surface area contributed by atoms with Gasteiger partial charge in [0.25, 0.3) is 0 Å². The number of nitrogens with zero attached hydrogens (tertiary/aromatic N) is 2. The van der Waals surface area contributed by atoms with Gasteiger partial charge < -0.3 is 15.3 Å². The summed E-state index contributed by atoms with van der Waals surface area (Å²) in [6.07, 6.45) is 0. The molecule has 0 aliphatic rings. The quantitative estimate of drug-likeness (QED) is 0.512. The first-order chi connectivity index (χ1) is 12.6. The molecule has 0 saturated heterocycles. The number of nitro benzene ring substituents is 2. The van der Waals surface area contributed by atoms with E-state index in [9.17, 15) is 34.6 Å². The summed E-state index contributed by atoms with van der Waals surface area (Å²) in [4.78, 5) is 50.3. The van der Waals surface area contributed by atoms with Crippen molar-refractivity contribution in [3.05, 3.63) is 79.4 Å². The van der Waals surface area contributed by atoms with Gasteiger partial charge in [-0.3, -0.25) is 20.2 Å². The van der Waals surface area contributed by atoms with E-state index in [0.29, 0.717) is 0 Å². The largest absolute Gasteiger partial charge is 0.478 e. The maximum absolute atomic E-state index is 10.6. The van der Waals surface area contributed by atoms with Crippen LogP contribution in [0.5, 0.6) is 0 Å². The van der Waals surface area contributed by atoms with E-state index in [1.54, 1.807) is 0 Å². The van der Waals surface area contributed by atoms with E-state index in [1.165, 1.54) is 24.3 Å². The molecule has 0 aliphatic heterocycles. The minimum Gasteiger partial charge on any atom is -0.478 e. The Bertz CT molecular complexity index is 873. The first kappa shape index (κ1) is 20.7. The van der Waals surface area contributed by atoms with Gasteiger partial charge in [-0.25, -0.2) is 14.4 Å². The number of carboxylic acid groups (broad SMARTS) is 3. The summed E-state index contributed by atoms with van der Waals surface area (Å²) in [7, 11) is 0. The highest BCUT2D eigenvalue weighted by Gasteiger charge is 2.31. The lowest BCUT2D eigenvalue weighted by Crippen LogP contribution is -2.06. The van der Waals surface area contributed by atoms with E-state index in [1.807, 2.05) is 0 Å². The van der Waals surface area contributed by atoms with Crippen molar-refractivity contribution in [3.63, 3.8) is 0 Å². The van der Waals surface area contributed by atoms with Crippen LogP contribution in [0.25, 0.3) is 0 Å². The van der Waals surface area contributed by atoms with Gasteiger partial charge in [-0.2, -0.15) is 0 Å². The third kappa shape index (κ3) is 5.06. The number of aromatic carboxylic acids is 3. The fourth-order valence-electron chi connectivity index (χ4n) is 1.90. The standard InChI is InChI=1S/C8H6O4.C7H4N2O6/c9-7(10)5-3-1-2-4-6(5)8(11)12;10-7(11)4-2-1-3-5(8(12)13)6(4)9(14)15/h1-4H,(H,9,10)(H,11,12);1-3H,(H,10,11). The van der Waals surface area contributed by atoms with Crippen LogP contribution in [0.3, 0.4) is 0 Å². The molecule has 3 N–H and O–H groups in total. The van der Waals surface area contributed by atoms with E-state index in [-0.39, 0.29) is 11.1 Å². The number of carboxylic acids is 3. The fraction of sp³-hybridized carbons (Fsp3) is 0. The van der Waals surface area contributed by atoms with Crippen LogP contribution in [0.4, 0.5) is 11.4 Å². The molecule has 0 bridgehead atoms. The molecule has 0 radical (unpaired) electrons. The van der Waals surface area contributed by atoms with Crippen LogP contribution in [0, 0.1) is 20.2 Å².